The summed E-state index contributed by atoms with van der Waals surface area (Å²) < 4.78 is 21.8. The molecule has 0 spiro atoms. The Hall–Kier alpha value is -2.05. The van der Waals surface area contributed by atoms with E-state index in [0.717, 1.165) is 11.3 Å². The molecule has 1 fully saturated rings. The van der Waals surface area contributed by atoms with Crippen LogP contribution in [0.25, 0.3) is 11.3 Å². The van der Waals surface area contributed by atoms with Gasteiger partial charge in [-0.3, -0.25) is 0 Å². The predicted molar refractivity (Wildman–Crippen MR) is 81.2 cm³/mol. The summed E-state index contributed by atoms with van der Waals surface area (Å²) in [4.78, 5) is 0. The highest BCUT2D eigenvalue weighted by molar-refractivity contribution is 5.64. The maximum atomic E-state index is 10.9. The van der Waals surface area contributed by atoms with Crippen molar-refractivity contribution in [2.24, 2.45) is 0 Å². The Morgan fingerprint density at radius 2 is 1.96 bits per heavy atom. The van der Waals surface area contributed by atoms with Crippen molar-refractivity contribution < 1.29 is 23.8 Å². The molecule has 1 atom stereocenters. The molecule has 0 aliphatic carbocycles. The molecular weight excluding hydrogens is 298 g/mol. The summed E-state index contributed by atoms with van der Waals surface area (Å²) in [6, 6.07) is 7.40. The number of aliphatic hydroxyl groups is 1. The third-order valence-electron chi connectivity index (χ3n) is 4.36. The van der Waals surface area contributed by atoms with Crippen molar-refractivity contribution in [2.75, 3.05) is 13.4 Å². The summed E-state index contributed by atoms with van der Waals surface area (Å²) in [6.45, 7) is 4.65. The van der Waals surface area contributed by atoms with Crippen LogP contribution in [0.5, 0.6) is 11.5 Å². The SMILES string of the molecule is CC1(C)C[C@](O)(c2cc(-c3ccc4c(c3)OCO4)no2)CCO1. The van der Waals surface area contributed by atoms with E-state index in [-0.39, 0.29) is 6.79 Å². The molecule has 0 bridgehead atoms. The third kappa shape index (κ3) is 2.58. The third-order valence-corrected chi connectivity index (χ3v) is 4.36. The largest absolute Gasteiger partial charge is 0.454 e. The second-order valence-corrected chi connectivity index (χ2v) is 6.71. The van der Waals surface area contributed by atoms with Crippen LogP contribution >= 0.6 is 0 Å². The number of benzene rings is 1. The molecule has 0 unspecified atom stereocenters. The molecule has 0 saturated carbocycles. The summed E-state index contributed by atoms with van der Waals surface area (Å²) in [5.41, 5.74) is 0.0809. The monoisotopic (exact) mass is 317 g/mol. The maximum absolute atomic E-state index is 10.9. The van der Waals surface area contributed by atoms with Crippen LogP contribution in [-0.4, -0.2) is 29.3 Å². The van der Waals surface area contributed by atoms with E-state index in [4.69, 9.17) is 18.7 Å². The van der Waals surface area contributed by atoms with E-state index in [2.05, 4.69) is 5.16 Å². The molecule has 1 aromatic heterocycles. The van der Waals surface area contributed by atoms with E-state index >= 15 is 0 Å². The molecule has 1 aromatic carbocycles. The average Bonchev–Trinajstić information content (AvgIpc) is 3.14. The van der Waals surface area contributed by atoms with Crippen molar-refractivity contribution in [1.82, 2.24) is 5.16 Å². The van der Waals surface area contributed by atoms with Crippen LogP contribution in [0.1, 0.15) is 32.4 Å². The fourth-order valence-electron chi connectivity index (χ4n) is 3.24. The van der Waals surface area contributed by atoms with Gasteiger partial charge in [-0.1, -0.05) is 5.16 Å². The van der Waals surface area contributed by atoms with Gasteiger partial charge in [0.25, 0.3) is 0 Å². The molecule has 6 heteroatoms. The van der Waals surface area contributed by atoms with Crippen molar-refractivity contribution in [3.63, 3.8) is 0 Å². The normalized spacial score (nSPS) is 25.5. The molecule has 1 saturated heterocycles. The zero-order valence-electron chi connectivity index (χ0n) is 13.2. The second kappa shape index (κ2) is 4.97. The average molecular weight is 317 g/mol. The Kier molecular flexibility index (Phi) is 3.14. The van der Waals surface area contributed by atoms with Crippen LogP contribution < -0.4 is 9.47 Å². The molecule has 2 aromatic rings. The van der Waals surface area contributed by atoms with Crippen LogP contribution in [-0.2, 0) is 10.3 Å². The number of ether oxygens (including phenoxy) is 3. The van der Waals surface area contributed by atoms with Crippen molar-refractivity contribution in [2.45, 2.75) is 37.9 Å². The molecule has 0 amide bonds. The first-order chi connectivity index (χ1) is 11.0. The molecule has 3 heterocycles. The highest BCUT2D eigenvalue weighted by Crippen LogP contribution is 2.41. The molecule has 0 radical (unpaired) electrons. The predicted octanol–water partition coefficient (Wildman–Crippen LogP) is 2.85. The molecule has 2 aliphatic heterocycles. The van der Waals surface area contributed by atoms with Gasteiger partial charge in [0, 0.05) is 24.5 Å². The van der Waals surface area contributed by atoms with E-state index in [1.165, 1.54) is 0 Å². The van der Waals surface area contributed by atoms with Gasteiger partial charge in [0.2, 0.25) is 6.79 Å². The van der Waals surface area contributed by atoms with Gasteiger partial charge in [0.1, 0.15) is 11.3 Å². The Bertz CT molecular complexity index is 738. The number of fused-ring (bicyclic) bond motifs is 1. The molecule has 6 nitrogen and oxygen atoms in total. The lowest BCUT2D eigenvalue weighted by Crippen LogP contribution is -2.43. The van der Waals surface area contributed by atoms with E-state index in [9.17, 15) is 5.11 Å². The van der Waals surface area contributed by atoms with Gasteiger partial charge in [-0.15, -0.1) is 0 Å². The van der Waals surface area contributed by atoms with Crippen LogP contribution in [0, 0.1) is 0 Å². The summed E-state index contributed by atoms with van der Waals surface area (Å²) >= 11 is 0. The van der Waals surface area contributed by atoms with Crippen molar-refractivity contribution in [1.29, 1.82) is 0 Å². The quantitative estimate of drug-likeness (QED) is 0.918. The summed E-state index contributed by atoms with van der Waals surface area (Å²) in [5, 5.41) is 15.0. The first-order valence-corrected chi connectivity index (χ1v) is 7.69. The van der Waals surface area contributed by atoms with Gasteiger partial charge in [0.05, 0.1) is 12.2 Å². The lowest BCUT2D eigenvalue weighted by atomic mass is 9.82. The van der Waals surface area contributed by atoms with Gasteiger partial charge in [-0.2, -0.15) is 0 Å². The van der Waals surface area contributed by atoms with Crippen LogP contribution in [0.4, 0.5) is 0 Å². The molecule has 1 N–H and O–H groups in total. The van der Waals surface area contributed by atoms with Gasteiger partial charge < -0.3 is 23.8 Å². The topological polar surface area (TPSA) is 74.0 Å². The number of aromatic nitrogens is 1. The van der Waals surface area contributed by atoms with Crippen LogP contribution in [0.15, 0.2) is 28.8 Å². The van der Waals surface area contributed by atoms with E-state index in [0.29, 0.717) is 36.7 Å². The standard InChI is InChI=1S/C17H19NO5/c1-16(2)9-17(19,5-6-22-16)15-8-12(18-23-15)11-3-4-13-14(7-11)21-10-20-13/h3-4,7-8,19H,5-6,9-10H2,1-2H3/t17-/m0/s1. The van der Waals surface area contributed by atoms with Crippen molar-refractivity contribution in [3.05, 3.63) is 30.0 Å². The highest BCUT2D eigenvalue weighted by atomic mass is 16.7. The Labute approximate surface area is 133 Å². The van der Waals surface area contributed by atoms with Crippen molar-refractivity contribution >= 4 is 0 Å². The summed E-state index contributed by atoms with van der Waals surface area (Å²) in [5.74, 6) is 1.89. The number of rotatable bonds is 2. The van der Waals surface area contributed by atoms with Gasteiger partial charge in [-0.25, -0.2) is 0 Å². The molecule has 23 heavy (non-hydrogen) atoms. The fraction of sp³-hybridized carbons (Fsp3) is 0.471. The van der Waals surface area contributed by atoms with Crippen LogP contribution in [0.2, 0.25) is 0 Å². The minimum Gasteiger partial charge on any atom is -0.454 e. The Morgan fingerprint density at radius 3 is 2.78 bits per heavy atom. The first-order valence-electron chi connectivity index (χ1n) is 7.69. The maximum Gasteiger partial charge on any atom is 0.231 e. The highest BCUT2D eigenvalue weighted by Gasteiger charge is 2.43. The zero-order chi connectivity index (χ0) is 16.1. The first kappa shape index (κ1) is 14.5. The minimum atomic E-state index is -1.05. The minimum absolute atomic E-state index is 0.234. The van der Waals surface area contributed by atoms with Gasteiger partial charge in [0.15, 0.2) is 17.3 Å². The number of nitrogens with zero attached hydrogens (tertiary/aromatic N) is 1. The lowest BCUT2D eigenvalue weighted by Gasteiger charge is -2.39. The summed E-state index contributed by atoms with van der Waals surface area (Å²) in [7, 11) is 0. The van der Waals surface area contributed by atoms with E-state index in [1.807, 2.05) is 32.0 Å². The molecule has 4 rings (SSSR count). The number of hydrogen-bond acceptors (Lipinski definition) is 6. The van der Waals surface area contributed by atoms with Crippen molar-refractivity contribution in [3.8, 4) is 22.8 Å². The van der Waals surface area contributed by atoms with Gasteiger partial charge >= 0.3 is 0 Å². The van der Waals surface area contributed by atoms with Gasteiger partial charge in [-0.05, 0) is 32.0 Å². The Balaban J connectivity index is 1.64. The molecule has 2 aliphatic rings. The molecule has 122 valence electrons. The Morgan fingerprint density at radius 1 is 1.13 bits per heavy atom. The smallest absolute Gasteiger partial charge is 0.231 e. The molecular formula is C17H19NO5. The second-order valence-electron chi connectivity index (χ2n) is 6.71. The van der Waals surface area contributed by atoms with Crippen LogP contribution in [0.3, 0.4) is 0 Å². The number of hydrogen-bond donors (Lipinski definition) is 1. The fourth-order valence-corrected chi connectivity index (χ4v) is 3.24. The zero-order valence-corrected chi connectivity index (χ0v) is 13.2. The summed E-state index contributed by atoms with van der Waals surface area (Å²) in [6.07, 6.45) is 0.960. The lowest BCUT2D eigenvalue weighted by molar-refractivity contribution is -0.156. The van der Waals surface area contributed by atoms with E-state index < -0.39 is 11.2 Å². The van der Waals surface area contributed by atoms with E-state index in [1.54, 1.807) is 6.07 Å².